The first-order chi connectivity index (χ1) is 10.9. The molecule has 1 aliphatic heterocycles. The van der Waals surface area contributed by atoms with Gasteiger partial charge < -0.3 is 10.2 Å². The fraction of sp³-hybridized carbons (Fsp3) is 0.500. The van der Waals surface area contributed by atoms with Gasteiger partial charge in [-0.25, -0.2) is 4.39 Å². The van der Waals surface area contributed by atoms with E-state index < -0.39 is 0 Å². The lowest BCUT2D eigenvalue weighted by Crippen LogP contribution is -2.40. The van der Waals surface area contributed by atoms with E-state index in [2.05, 4.69) is 10.2 Å². The molecule has 5 nitrogen and oxygen atoms in total. The minimum atomic E-state index is -0.374. The molecule has 1 saturated heterocycles. The third kappa shape index (κ3) is 4.65. The Morgan fingerprint density at radius 2 is 2.09 bits per heavy atom. The topological polar surface area (TPSA) is 52.7 Å². The molecular formula is C16H21ClFN3O2. The molecule has 1 N–H and O–H groups in total. The van der Waals surface area contributed by atoms with Gasteiger partial charge in [-0.2, -0.15) is 0 Å². The van der Waals surface area contributed by atoms with Gasteiger partial charge in [0.2, 0.25) is 11.8 Å². The number of carbonyl (C=O) groups is 2. The van der Waals surface area contributed by atoms with E-state index in [1.165, 1.54) is 19.1 Å². The van der Waals surface area contributed by atoms with Crippen LogP contribution in [0.25, 0.3) is 0 Å². The van der Waals surface area contributed by atoms with Gasteiger partial charge in [0, 0.05) is 51.7 Å². The summed E-state index contributed by atoms with van der Waals surface area (Å²) in [6, 6.07) is 4.31. The lowest BCUT2D eigenvalue weighted by molar-refractivity contribution is -0.130. The Morgan fingerprint density at radius 1 is 1.35 bits per heavy atom. The molecule has 1 aromatic carbocycles. The summed E-state index contributed by atoms with van der Waals surface area (Å²) in [5.74, 6) is -0.805. The molecule has 0 bridgehead atoms. The second-order valence-corrected chi connectivity index (χ2v) is 6.15. The van der Waals surface area contributed by atoms with Gasteiger partial charge in [0.05, 0.1) is 5.92 Å². The van der Waals surface area contributed by atoms with Crippen LogP contribution in [0.3, 0.4) is 0 Å². The first kappa shape index (κ1) is 17.7. The Hall–Kier alpha value is -1.66. The number of carbonyl (C=O) groups excluding carboxylic acids is 2. The van der Waals surface area contributed by atoms with Crippen molar-refractivity contribution in [1.82, 2.24) is 15.1 Å². The van der Waals surface area contributed by atoms with Crippen LogP contribution in [-0.2, 0) is 16.1 Å². The quantitative estimate of drug-likeness (QED) is 0.906. The average molecular weight is 342 g/mol. The van der Waals surface area contributed by atoms with Crippen molar-refractivity contribution in [3.63, 3.8) is 0 Å². The maximum absolute atomic E-state index is 13.1. The lowest BCUT2D eigenvalue weighted by Gasteiger charge is -2.23. The molecule has 126 valence electrons. The van der Waals surface area contributed by atoms with Crippen molar-refractivity contribution in [2.24, 2.45) is 5.92 Å². The molecule has 2 rings (SSSR count). The molecule has 0 saturated carbocycles. The molecule has 23 heavy (non-hydrogen) atoms. The maximum atomic E-state index is 13.1. The van der Waals surface area contributed by atoms with Crippen molar-refractivity contribution in [3.05, 3.63) is 34.6 Å². The van der Waals surface area contributed by atoms with Crippen molar-refractivity contribution < 1.29 is 14.0 Å². The molecule has 1 atom stereocenters. The van der Waals surface area contributed by atoms with E-state index in [0.29, 0.717) is 37.7 Å². The zero-order chi connectivity index (χ0) is 17.0. The summed E-state index contributed by atoms with van der Waals surface area (Å²) in [5, 5.41) is 3.02. The Morgan fingerprint density at radius 3 is 2.70 bits per heavy atom. The van der Waals surface area contributed by atoms with Crippen LogP contribution in [0.5, 0.6) is 0 Å². The molecule has 1 fully saturated rings. The van der Waals surface area contributed by atoms with Gasteiger partial charge in [-0.3, -0.25) is 14.5 Å². The summed E-state index contributed by atoms with van der Waals surface area (Å²) in [6.45, 7) is 4.15. The van der Waals surface area contributed by atoms with Crippen molar-refractivity contribution in [3.8, 4) is 0 Å². The second-order valence-electron chi connectivity index (χ2n) is 5.75. The van der Waals surface area contributed by atoms with Crippen LogP contribution >= 0.6 is 11.6 Å². The van der Waals surface area contributed by atoms with E-state index in [1.54, 1.807) is 18.0 Å². The molecule has 0 aliphatic carbocycles. The summed E-state index contributed by atoms with van der Waals surface area (Å²) < 4.78 is 13.1. The third-order valence-corrected chi connectivity index (χ3v) is 4.43. The molecule has 7 heteroatoms. The Bertz CT molecular complexity index is 597. The van der Waals surface area contributed by atoms with Crippen LogP contribution in [-0.4, -0.2) is 54.8 Å². The molecule has 0 unspecified atom stereocenters. The highest BCUT2D eigenvalue weighted by molar-refractivity contribution is 6.31. The van der Waals surface area contributed by atoms with E-state index in [4.69, 9.17) is 11.6 Å². The van der Waals surface area contributed by atoms with E-state index in [-0.39, 0.29) is 23.5 Å². The van der Waals surface area contributed by atoms with Crippen LogP contribution in [0.1, 0.15) is 12.5 Å². The number of hydrogen-bond acceptors (Lipinski definition) is 3. The SMILES string of the molecule is CNC(=O)[C@H]1CN(Cc2ccc(F)cc2Cl)CCN(C(C)=O)C1. The van der Waals surface area contributed by atoms with Crippen molar-refractivity contribution in [2.75, 3.05) is 33.2 Å². The van der Waals surface area contributed by atoms with Crippen molar-refractivity contribution >= 4 is 23.4 Å². The van der Waals surface area contributed by atoms with Crippen molar-refractivity contribution in [2.45, 2.75) is 13.5 Å². The first-order valence-electron chi connectivity index (χ1n) is 7.54. The van der Waals surface area contributed by atoms with E-state index in [9.17, 15) is 14.0 Å². The molecule has 0 aromatic heterocycles. The van der Waals surface area contributed by atoms with Gasteiger partial charge in [0.15, 0.2) is 0 Å². The Labute approximate surface area is 140 Å². The summed E-state index contributed by atoms with van der Waals surface area (Å²) in [4.78, 5) is 27.5. The third-order valence-electron chi connectivity index (χ3n) is 4.08. The highest BCUT2D eigenvalue weighted by Gasteiger charge is 2.28. The number of benzene rings is 1. The average Bonchev–Trinajstić information content (AvgIpc) is 2.72. The van der Waals surface area contributed by atoms with Crippen LogP contribution in [0.15, 0.2) is 18.2 Å². The van der Waals surface area contributed by atoms with Crippen LogP contribution < -0.4 is 5.32 Å². The molecule has 1 aromatic rings. The fourth-order valence-corrected chi connectivity index (χ4v) is 3.00. The number of rotatable bonds is 3. The summed E-state index contributed by atoms with van der Waals surface area (Å²) in [7, 11) is 1.59. The molecule has 1 heterocycles. The summed E-state index contributed by atoms with van der Waals surface area (Å²) in [6.07, 6.45) is 0. The highest BCUT2D eigenvalue weighted by Crippen LogP contribution is 2.21. The predicted molar refractivity (Wildman–Crippen MR) is 86.5 cm³/mol. The highest BCUT2D eigenvalue weighted by atomic mass is 35.5. The van der Waals surface area contributed by atoms with Crippen molar-refractivity contribution in [1.29, 1.82) is 0 Å². The van der Waals surface area contributed by atoms with Crippen LogP contribution in [0, 0.1) is 11.7 Å². The van der Waals surface area contributed by atoms with Gasteiger partial charge in [-0.1, -0.05) is 17.7 Å². The van der Waals surface area contributed by atoms with Gasteiger partial charge in [0.1, 0.15) is 5.82 Å². The number of hydrogen-bond donors (Lipinski definition) is 1. The van der Waals surface area contributed by atoms with Gasteiger partial charge >= 0.3 is 0 Å². The van der Waals surface area contributed by atoms with Gasteiger partial charge in [-0.05, 0) is 17.7 Å². The lowest BCUT2D eigenvalue weighted by atomic mass is 10.1. The first-order valence-corrected chi connectivity index (χ1v) is 7.92. The van der Waals surface area contributed by atoms with Crippen LogP contribution in [0.4, 0.5) is 4.39 Å². The Kier molecular flexibility index (Phi) is 5.96. The zero-order valence-corrected chi connectivity index (χ0v) is 14.1. The normalized spacial score (nSPS) is 19.3. The minimum Gasteiger partial charge on any atom is -0.359 e. The predicted octanol–water partition coefficient (Wildman–Crippen LogP) is 1.51. The molecule has 0 spiro atoms. The van der Waals surface area contributed by atoms with E-state index in [1.807, 2.05) is 0 Å². The standard InChI is InChI=1S/C16H21ClFN3O2/c1-11(22)21-6-5-20(9-13(10-21)16(23)19-2)8-12-3-4-14(18)7-15(12)17/h3-4,7,13H,5-6,8-10H2,1-2H3,(H,19,23)/t13-/m0/s1. The smallest absolute Gasteiger partial charge is 0.225 e. The number of amides is 2. The van der Waals surface area contributed by atoms with E-state index in [0.717, 1.165) is 5.56 Å². The number of nitrogens with one attached hydrogen (secondary N) is 1. The molecular weight excluding hydrogens is 321 g/mol. The van der Waals surface area contributed by atoms with Gasteiger partial charge in [0.25, 0.3) is 0 Å². The molecule has 1 aliphatic rings. The fourth-order valence-electron chi connectivity index (χ4n) is 2.77. The van der Waals surface area contributed by atoms with E-state index >= 15 is 0 Å². The molecule has 2 amide bonds. The Balaban J connectivity index is 2.14. The van der Waals surface area contributed by atoms with Crippen LogP contribution in [0.2, 0.25) is 5.02 Å². The summed E-state index contributed by atoms with van der Waals surface area (Å²) >= 11 is 6.08. The molecule has 0 radical (unpaired) electrons. The summed E-state index contributed by atoms with van der Waals surface area (Å²) in [5.41, 5.74) is 0.806. The number of halogens is 2. The maximum Gasteiger partial charge on any atom is 0.225 e. The largest absolute Gasteiger partial charge is 0.359 e. The number of nitrogens with zero attached hydrogens (tertiary/aromatic N) is 2. The minimum absolute atomic E-state index is 0.0411. The monoisotopic (exact) mass is 341 g/mol. The second kappa shape index (κ2) is 7.75. The zero-order valence-electron chi connectivity index (χ0n) is 13.3. The van der Waals surface area contributed by atoms with Gasteiger partial charge in [-0.15, -0.1) is 0 Å².